The Kier molecular flexibility index (Phi) is 5.57. The molecule has 18 heavy (non-hydrogen) atoms. The Morgan fingerprint density at radius 1 is 1.39 bits per heavy atom. The first-order valence-electron chi connectivity index (χ1n) is 7.11. The molecule has 3 nitrogen and oxygen atoms in total. The van der Waals surface area contributed by atoms with E-state index in [9.17, 15) is 4.79 Å². The molecular weight excluding hydrogens is 244 g/mol. The standard InChI is InChI=1S/C14H26N2OS/c1-4-11-8-7-9-16(10-11)13(17)14(5-2,6-3)12(15)18/h11H,4-10H2,1-3H3,(H2,15,18). The third-order valence-corrected chi connectivity index (χ3v) is 4.86. The molecule has 0 aliphatic carbocycles. The molecule has 1 atom stereocenters. The first-order chi connectivity index (χ1) is 8.51. The van der Waals surface area contributed by atoms with E-state index < -0.39 is 5.41 Å². The van der Waals surface area contributed by atoms with Gasteiger partial charge in [0.1, 0.15) is 0 Å². The zero-order chi connectivity index (χ0) is 13.8. The number of thiocarbonyl (C=S) groups is 1. The Balaban J connectivity index is 2.86. The van der Waals surface area contributed by atoms with Gasteiger partial charge in [0.25, 0.3) is 0 Å². The molecule has 1 rings (SSSR count). The van der Waals surface area contributed by atoms with Gasteiger partial charge in [0.05, 0.1) is 10.4 Å². The van der Waals surface area contributed by atoms with E-state index in [1.807, 2.05) is 18.7 Å². The van der Waals surface area contributed by atoms with Gasteiger partial charge in [-0.05, 0) is 31.6 Å². The predicted molar refractivity (Wildman–Crippen MR) is 79.4 cm³/mol. The smallest absolute Gasteiger partial charge is 0.235 e. The second-order valence-corrected chi connectivity index (χ2v) is 5.76. The number of piperidine rings is 1. The molecular formula is C14H26N2OS. The van der Waals surface area contributed by atoms with Crippen LogP contribution in [0.2, 0.25) is 0 Å². The van der Waals surface area contributed by atoms with Gasteiger partial charge in [-0.1, -0.05) is 39.4 Å². The quantitative estimate of drug-likeness (QED) is 0.781. The third-order valence-electron chi connectivity index (χ3n) is 4.47. The molecule has 104 valence electrons. The summed E-state index contributed by atoms with van der Waals surface area (Å²) in [6, 6.07) is 0. The van der Waals surface area contributed by atoms with Gasteiger partial charge in [-0.3, -0.25) is 4.79 Å². The van der Waals surface area contributed by atoms with E-state index in [1.54, 1.807) is 0 Å². The highest BCUT2D eigenvalue weighted by molar-refractivity contribution is 7.80. The zero-order valence-electron chi connectivity index (χ0n) is 11.9. The van der Waals surface area contributed by atoms with Crippen molar-refractivity contribution in [2.45, 2.75) is 52.9 Å². The van der Waals surface area contributed by atoms with Gasteiger partial charge >= 0.3 is 0 Å². The fourth-order valence-electron chi connectivity index (χ4n) is 2.89. The lowest BCUT2D eigenvalue weighted by molar-refractivity contribution is -0.140. The topological polar surface area (TPSA) is 46.3 Å². The molecule has 1 aliphatic heterocycles. The van der Waals surface area contributed by atoms with Crippen LogP contribution < -0.4 is 5.73 Å². The number of hydrogen-bond acceptors (Lipinski definition) is 2. The van der Waals surface area contributed by atoms with E-state index in [0.29, 0.717) is 23.7 Å². The Labute approximate surface area is 116 Å². The SMILES string of the molecule is CCC1CCCN(C(=O)C(CC)(CC)C(N)=S)C1. The summed E-state index contributed by atoms with van der Waals surface area (Å²) in [6.07, 6.45) is 4.88. The predicted octanol–water partition coefficient (Wildman–Crippen LogP) is 2.73. The van der Waals surface area contributed by atoms with Crippen LogP contribution in [-0.4, -0.2) is 28.9 Å². The van der Waals surface area contributed by atoms with Gasteiger partial charge in [0, 0.05) is 13.1 Å². The molecule has 0 aromatic rings. The van der Waals surface area contributed by atoms with E-state index in [1.165, 1.54) is 6.42 Å². The molecule has 0 saturated carbocycles. The maximum absolute atomic E-state index is 12.7. The summed E-state index contributed by atoms with van der Waals surface area (Å²) in [5.41, 5.74) is 5.23. The minimum Gasteiger partial charge on any atom is -0.392 e. The maximum atomic E-state index is 12.7. The minimum absolute atomic E-state index is 0.151. The number of rotatable bonds is 5. The summed E-state index contributed by atoms with van der Waals surface area (Å²) >= 11 is 5.16. The lowest BCUT2D eigenvalue weighted by Crippen LogP contribution is -2.52. The summed E-state index contributed by atoms with van der Waals surface area (Å²) in [4.78, 5) is 15.1. The molecule has 0 aromatic carbocycles. The lowest BCUT2D eigenvalue weighted by Gasteiger charge is -2.39. The highest BCUT2D eigenvalue weighted by atomic mass is 32.1. The molecule has 1 unspecified atom stereocenters. The number of nitrogens with zero attached hydrogens (tertiary/aromatic N) is 1. The molecule has 1 amide bonds. The van der Waals surface area contributed by atoms with E-state index >= 15 is 0 Å². The molecule has 0 radical (unpaired) electrons. The minimum atomic E-state index is -0.620. The van der Waals surface area contributed by atoms with Crippen LogP contribution in [0.3, 0.4) is 0 Å². The highest BCUT2D eigenvalue weighted by Crippen LogP contribution is 2.32. The Hall–Kier alpha value is -0.640. The van der Waals surface area contributed by atoms with Crippen LogP contribution in [0.5, 0.6) is 0 Å². The van der Waals surface area contributed by atoms with Crippen molar-refractivity contribution >= 4 is 23.1 Å². The summed E-state index contributed by atoms with van der Waals surface area (Å²) in [5.74, 6) is 0.790. The van der Waals surface area contributed by atoms with Gasteiger partial charge in [0.2, 0.25) is 5.91 Å². The lowest BCUT2D eigenvalue weighted by atomic mass is 9.80. The number of hydrogen-bond donors (Lipinski definition) is 1. The van der Waals surface area contributed by atoms with Crippen LogP contribution in [0, 0.1) is 11.3 Å². The largest absolute Gasteiger partial charge is 0.392 e. The molecule has 2 N–H and O–H groups in total. The van der Waals surface area contributed by atoms with Gasteiger partial charge in [-0.25, -0.2) is 0 Å². The third kappa shape index (κ3) is 2.85. The van der Waals surface area contributed by atoms with Crippen molar-refractivity contribution in [1.82, 2.24) is 4.90 Å². The van der Waals surface area contributed by atoms with Crippen molar-refractivity contribution in [3.63, 3.8) is 0 Å². The fraction of sp³-hybridized carbons (Fsp3) is 0.857. The molecule has 1 aliphatic rings. The Bertz CT molecular complexity index is 313. The first-order valence-corrected chi connectivity index (χ1v) is 7.51. The van der Waals surface area contributed by atoms with Gasteiger partial charge in [0.15, 0.2) is 0 Å². The van der Waals surface area contributed by atoms with E-state index in [2.05, 4.69) is 6.92 Å². The molecule has 1 heterocycles. The normalized spacial score (nSPS) is 20.8. The first kappa shape index (κ1) is 15.4. The molecule has 0 bridgehead atoms. The number of amides is 1. The second-order valence-electron chi connectivity index (χ2n) is 5.32. The van der Waals surface area contributed by atoms with Crippen LogP contribution in [0.4, 0.5) is 0 Å². The Morgan fingerprint density at radius 3 is 2.44 bits per heavy atom. The maximum Gasteiger partial charge on any atom is 0.235 e. The van der Waals surface area contributed by atoms with Crippen molar-refractivity contribution in [3.05, 3.63) is 0 Å². The number of carbonyl (C=O) groups excluding carboxylic acids is 1. The Morgan fingerprint density at radius 2 is 2.00 bits per heavy atom. The summed E-state index contributed by atoms with van der Waals surface area (Å²) in [6.45, 7) is 7.93. The van der Waals surface area contributed by atoms with Crippen LogP contribution >= 0.6 is 12.2 Å². The van der Waals surface area contributed by atoms with Gasteiger partial charge in [-0.2, -0.15) is 0 Å². The van der Waals surface area contributed by atoms with Gasteiger partial charge in [-0.15, -0.1) is 0 Å². The number of likely N-dealkylation sites (tertiary alicyclic amines) is 1. The van der Waals surface area contributed by atoms with Crippen LogP contribution in [0.1, 0.15) is 52.9 Å². The number of nitrogens with two attached hydrogens (primary N) is 1. The molecule has 0 aromatic heterocycles. The molecule has 1 saturated heterocycles. The van der Waals surface area contributed by atoms with Crippen molar-refractivity contribution in [1.29, 1.82) is 0 Å². The average molecular weight is 270 g/mol. The fourth-order valence-corrected chi connectivity index (χ4v) is 3.27. The van der Waals surface area contributed by atoms with E-state index in [4.69, 9.17) is 18.0 Å². The van der Waals surface area contributed by atoms with Gasteiger partial charge < -0.3 is 10.6 Å². The van der Waals surface area contributed by atoms with Crippen molar-refractivity contribution < 1.29 is 4.79 Å². The zero-order valence-corrected chi connectivity index (χ0v) is 12.7. The van der Waals surface area contributed by atoms with Crippen molar-refractivity contribution in [2.75, 3.05) is 13.1 Å². The summed E-state index contributed by atoms with van der Waals surface area (Å²) in [5, 5.41) is 0. The number of carbonyl (C=O) groups is 1. The molecule has 0 spiro atoms. The second kappa shape index (κ2) is 6.50. The average Bonchev–Trinajstić information content (AvgIpc) is 2.40. The van der Waals surface area contributed by atoms with Crippen molar-refractivity contribution in [3.8, 4) is 0 Å². The van der Waals surface area contributed by atoms with Crippen molar-refractivity contribution in [2.24, 2.45) is 17.1 Å². The summed E-state index contributed by atoms with van der Waals surface area (Å²) in [7, 11) is 0. The summed E-state index contributed by atoms with van der Waals surface area (Å²) < 4.78 is 0. The monoisotopic (exact) mass is 270 g/mol. The van der Waals surface area contributed by atoms with Crippen LogP contribution in [-0.2, 0) is 4.79 Å². The van der Waals surface area contributed by atoms with Crippen LogP contribution in [0.25, 0.3) is 0 Å². The molecule has 4 heteroatoms. The molecule has 1 fully saturated rings. The van der Waals surface area contributed by atoms with E-state index in [-0.39, 0.29) is 5.91 Å². The highest BCUT2D eigenvalue weighted by Gasteiger charge is 2.41. The van der Waals surface area contributed by atoms with E-state index in [0.717, 1.165) is 25.9 Å². The van der Waals surface area contributed by atoms with Crippen LogP contribution in [0.15, 0.2) is 0 Å².